The standard InChI is InChI=1S/C28H39N3O4/c1-21-10-3-5-13-25(21)35-26-14-6-4-12-24(26)28(33,15-7-8-17-34-2)22-11-9-16-30(18-22)27(32)31-19-23(29)20-31/h3-6,10,12-14,22-23,33H,7-9,11,15-20,29H2,1-2H3. The van der Waals surface area contributed by atoms with E-state index < -0.39 is 5.60 Å². The van der Waals surface area contributed by atoms with Crippen molar-refractivity contribution in [2.75, 3.05) is 39.9 Å². The van der Waals surface area contributed by atoms with Crippen LogP contribution in [0.5, 0.6) is 11.5 Å². The Bertz CT molecular complexity index is 994. The molecule has 2 atom stereocenters. The molecule has 35 heavy (non-hydrogen) atoms. The van der Waals surface area contributed by atoms with E-state index in [0.717, 1.165) is 42.6 Å². The Morgan fingerprint density at radius 3 is 2.49 bits per heavy atom. The lowest BCUT2D eigenvalue weighted by Gasteiger charge is -2.46. The number of nitrogens with two attached hydrogens (primary N) is 1. The Hall–Kier alpha value is -2.61. The molecule has 2 fully saturated rings. The third kappa shape index (κ3) is 5.80. The van der Waals surface area contributed by atoms with Crippen molar-refractivity contribution in [3.05, 3.63) is 59.7 Å². The van der Waals surface area contributed by atoms with Gasteiger partial charge in [-0.15, -0.1) is 0 Å². The van der Waals surface area contributed by atoms with Gasteiger partial charge in [0, 0.05) is 57.4 Å². The Kier molecular flexibility index (Phi) is 8.31. The summed E-state index contributed by atoms with van der Waals surface area (Å²) in [5, 5.41) is 12.4. The number of carbonyl (C=O) groups is 1. The average Bonchev–Trinajstić information content (AvgIpc) is 2.86. The minimum atomic E-state index is -1.13. The highest BCUT2D eigenvalue weighted by atomic mass is 16.5. The van der Waals surface area contributed by atoms with Crippen LogP contribution >= 0.6 is 0 Å². The summed E-state index contributed by atoms with van der Waals surface area (Å²) in [6.07, 6.45) is 3.96. The van der Waals surface area contributed by atoms with Crippen molar-refractivity contribution >= 4 is 6.03 Å². The molecule has 2 aliphatic heterocycles. The van der Waals surface area contributed by atoms with Crippen molar-refractivity contribution in [2.45, 2.75) is 50.7 Å². The van der Waals surface area contributed by atoms with E-state index in [1.165, 1.54) is 0 Å². The number of ether oxygens (including phenoxy) is 2. The van der Waals surface area contributed by atoms with Gasteiger partial charge in [0.2, 0.25) is 0 Å². The summed E-state index contributed by atoms with van der Waals surface area (Å²) in [7, 11) is 1.70. The van der Waals surface area contributed by atoms with E-state index in [1.807, 2.05) is 60.4 Å². The van der Waals surface area contributed by atoms with Crippen molar-refractivity contribution < 1.29 is 19.4 Å². The molecule has 2 unspecified atom stereocenters. The molecule has 190 valence electrons. The van der Waals surface area contributed by atoms with E-state index in [1.54, 1.807) is 12.0 Å². The summed E-state index contributed by atoms with van der Waals surface area (Å²) in [6, 6.07) is 15.8. The number of aryl methyl sites for hydroxylation is 1. The molecule has 0 aliphatic carbocycles. The molecule has 0 saturated carbocycles. The van der Waals surface area contributed by atoms with Gasteiger partial charge in [-0.25, -0.2) is 4.79 Å². The van der Waals surface area contributed by atoms with Crippen LogP contribution in [0.15, 0.2) is 48.5 Å². The summed E-state index contributed by atoms with van der Waals surface area (Å²) >= 11 is 0. The van der Waals surface area contributed by atoms with Gasteiger partial charge in [-0.3, -0.25) is 0 Å². The number of hydrogen-bond acceptors (Lipinski definition) is 5. The summed E-state index contributed by atoms with van der Waals surface area (Å²) in [5.41, 5.74) is 6.59. The number of hydrogen-bond donors (Lipinski definition) is 2. The number of nitrogens with zero attached hydrogens (tertiary/aromatic N) is 2. The predicted molar refractivity (Wildman–Crippen MR) is 137 cm³/mol. The first-order valence-electron chi connectivity index (χ1n) is 12.8. The van der Waals surface area contributed by atoms with Gasteiger partial charge in [-0.1, -0.05) is 36.4 Å². The summed E-state index contributed by atoms with van der Waals surface area (Å²) in [5.74, 6) is 1.34. The van der Waals surface area contributed by atoms with Crippen LogP contribution in [-0.2, 0) is 10.3 Å². The topological polar surface area (TPSA) is 88.3 Å². The molecular formula is C28H39N3O4. The van der Waals surface area contributed by atoms with Crippen LogP contribution in [0, 0.1) is 12.8 Å². The number of rotatable bonds is 9. The number of carbonyl (C=O) groups excluding carboxylic acids is 1. The summed E-state index contributed by atoms with van der Waals surface area (Å²) < 4.78 is 11.6. The zero-order chi connectivity index (χ0) is 24.8. The summed E-state index contributed by atoms with van der Waals surface area (Å²) in [6.45, 7) is 5.11. The van der Waals surface area contributed by atoms with Crippen LogP contribution in [0.4, 0.5) is 4.79 Å². The maximum Gasteiger partial charge on any atom is 0.320 e. The molecule has 2 aromatic rings. The molecule has 0 spiro atoms. The van der Waals surface area contributed by atoms with Crippen molar-refractivity contribution in [1.29, 1.82) is 0 Å². The van der Waals surface area contributed by atoms with Crippen molar-refractivity contribution in [3.8, 4) is 11.5 Å². The minimum Gasteiger partial charge on any atom is -0.457 e. The first kappa shape index (κ1) is 25.5. The van der Waals surface area contributed by atoms with E-state index in [0.29, 0.717) is 45.0 Å². The maximum absolute atomic E-state index is 13.1. The minimum absolute atomic E-state index is 0.0302. The van der Waals surface area contributed by atoms with Crippen LogP contribution in [0.1, 0.15) is 43.2 Å². The van der Waals surface area contributed by atoms with Gasteiger partial charge >= 0.3 is 6.03 Å². The number of methoxy groups -OCH3 is 1. The van der Waals surface area contributed by atoms with Gasteiger partial charge < -0.3 is 30.1 Å². The third-order valence-corrected chi connectivity index (χ3v) is 7.37. The summed E-state index contributed by atoms with van der Waals surface area (Å²) in [4.78, 5) is 16.8. The molecular weight excluding hydrogens is 442 g/mol. The monoisotopic (exact) mass is 481 g/mol. The second-order valence-corrected chi connectivity index (χ2v) is 9.97. The number of likely N-dealkylation sites (tertiary alicyclic amines) is 2. The van der Waals surface area contributed by atoms with Crippen molar-refractivity contribution in [2.24, 2.45) is 11.7 Å². The van der Waals surface area contributed by atoms with Crippen LogP contribution < -0.4 is 10.5 Å². The van der Waals surface area contributed by atoms with Crippen LogP contribution in [0.2, 0.25) is 0 Å². The van der Waals surface area contributed by atoms with Crippen molar-refractivity contribution in [1.82, 2.24) is 9.80 Å². The maximum atomic E-state index is 13.1. The third-order valence-electron chi connectivity index (χ3n) is 7.37. The molecule has 4 rings (SSSR count). The fourth-order valence-corrected chi connectivity index (χ4v) is 5.31. The van der Waals surface area contributed by atoms with E-state index in [2.05, 4.69) is 0 Å². The number of piperidine rings is 1. The van der Waals surface area contributed by atoms with E-state index in [4.69, 9.17) is 15.2 Å². The predicted octanol–water partition coefficient (Wildman–Crippen LogP) is 4.27. The molecule has 2 aliphatic rings. The molecule has 7 nitrogen and oxygen atoms in total. The Balaban J connectivity index is 1.61. The van der Waals surface area contributed by atoms with Gasteiger partial charge in [0.15, 0.2) is 0 Å². The smallest absolute Gasteiger partial charge is 0.320 e. The second kappa shape index (κ2) is 11.4. The van der Waals surface area contributed by atoms with E-state index in [-0.39, 0.29) is 18.0 Å². The SMILES string of the molecule is COCCCCC(O)(c1ccccc1Oc1ccccc1C)C1CCCN(C(=O)N2CC(N)C2)C1. The molecule has 7 heteroatoms. The lowest BCUT2D eigenvalue weighted by Crippen LogP contribution is -2.62. The lowest BCUT2D eigenvalue weighted by atomic mass is 9.73. The quantitative estimate of drug-likeness (QED) is 0.523. The Morgan fingerprint density at radius 1 is 1.06 bits per heavy atom. The number of benzene rings is 2. The number of unbranched alkanes of at least 4 members (excludes halogenated alkanes) is 1. The van der Waals surface area contributed by atoms with Crippen molar-refractivity contribution in [3.63, 3.8) is 0 Å². The zero-order valence-electron chi connectivity index (χ0n) is 21.0. The lowest BCUT2D eigenvalue weighted by molar-refractivity contribution is -0.0597. The molecule has 3 N–H and O–H groups in total. The number of urea groups is 1. The number of amides is 2. The molecule has 0 bridgehead atoms. The average molecular weight is 482 g/mol. The second-order valence-electron chi connectivity index (χ2n) is 9.97. The normalized spacial score (nSPS) is 20.3. The zero-order valence-corrected chi connectivity index (χ0v) is 21.0. The Morgan fingerprint density at radius 2 is 1.77 bits per heavy atom. The number of para-hydroxylation sites is 2. The molecule has 2 aromatic carbocycles. The largest absolute Gasteiger partial charge is 0.457 e. The number of aliphatic hydroxyl groups is 1. The molecule has 2 heterocycles. The fourth-order valence-electron chi connectivity index (χ4n) is 5.31. The fraction of sp³-hybridized carbons (Fsp3) is 0.536. The molecule has 0 aromatic heterocycles. The van der Waals surface area contributed by atoms with E-state index in [9.17, 15) is 9.90 Å². The molecule has 2 saturated heterocycles. The first-order valence-corrected chi connectivity index (χ1v) is 12.8. The van der Waals surface area contributed by atoms with Gasteiger partial charge in [0.25, 0.3) is 0 Å². The van der Waals surface area contributed by atoms with Crippen LogP contribution in [0.25, 0.3) is 0 Å². The molecule has 0 radical (unpaired) electrons. The highest BCUT2D eigenvalue weighted by Gasteiger charge is 2.44. The van der Waals surface area contributed by atoms with Crippen LogP contribution in [-0.4, -0.2) is 66.9 Å². The molecule has 2 amide bonds. The van der Waals surface area contributed by atoms with E-state index >= 15 is 0 Å². The Labute approximate surface area is 208 Å². The van der Waals surface area contributed by atoms with Crippen LogP contribution in [0.3, 0.4) is 0 Å². The van der Waals surface area contributed by atoms with Gasteiger partial charge in [0.1, 0.15) is 11.5 Å². The highest BCUT2D eigenvalue weighted by Crippen LogP contribution is 2.44. The van der Waals surface area contributed by atoms with Gasteiger partial charge in [0.05, 0.1) is 5.60 Å². The van der Waals surface area contributed by atoms with Gasteiger partial charge in [-0.05, 0) is 56.7 Å². The highest BCUT2D eigenvalue weighted by molar-refractivity contribution is 5.75. The first-order chi connectivity index (χ1) is 16.9. The van der Waals surface area contributed by atoms with Gasteiger partial charge in [-0.2, -0.15) is 0 Å².